The fraction of sp³-hybridized carbons (Fsp3) is 0.462. The van der Waals surface area contributed by atoms with E-state index in [-0.39, 0.29) is 28.9 Å². The van der Waals surface area contributed by atoms with Crippen LogP contribution in [0.1, 0.15) is 23.2 Å². The summed E-state index contributed by atoms with van der Waals surface area (Å²) in [6.07, 6.45) is 3.31. The monoisotopic (exact) mass is 318 g/mol. The Morgan fingerprint density at radius 1 is 1.40 bits per heavy atom. The van der Waals surface area contributed by atoms with Crippen LogP contribution in [-0.4, -0.2) is 33.2 Å². The molecule has 1 saturated carbocycles. The van der Waals surface area contributed by atoms with Crippen molar-refractivity contribution in [3.8, 4) is 0 Å². The smallest absolute Gasteiger partial charge is 0.252 e. The van der Waals surface area contributed by atoms with Crippen LogP contribution in [0.25, 0.3) is 0 Å². The van der Waals surface area contributed by atoms with E-state index >= 15 is 0 Å². The molecule has 0 saturated heterocycles. The lowest BCUT2D eigenvalue weighted by Crippen LogP contribution is -2.38. The van der Waals surface area contributed by atoms with Crippen LogP contribution in [0, 0.1) is 5.92 Å². The molecule has 0 bridgehead atoms. The first-order chi connectivity index (χ1) is 8.89. The molecule has 1 atom stereocenters. The van der Waals surface area contributed by atoms with Crippen molar-refractivity contribution in [2.45, 2.75) is 23.8 Å². The molecule has 1 aromatic carbocycles. The van der Waals surface area contributed by atoms with Crippen molar-refractivity contribution < 1.29 is 13.2 Å². The normalized spacial score (nSPS) is 16.1. The maximum atomic E-state index is 12.0. The highest BCUT2D eigenvalue weighted by atomic mass is 35.5. The van der Waals surface area contributed by atoms with Crippen LogP contribution >= 0.6 is 12.4 Å². The maximum absolute atomic E-state index is 12.0. The van der Waals surface area contributed by atoms with Crippen LogP contribution in [0.2, 0.25) is 0 Å². The second-order valence-corrected chi connectivity index (χ2v) is 6.96. The van der Waals surface area contributed by atoms with E-state index in [1.54, 1.807) is 12.1 Å². The lowest BCUT2D eigenvalue weighted by Gasteiger charge is -2.13. The lowest BCUT2D eigenvalue weighted by atomic mass is 10.2. The highest BCUT2D eigenvalue weighted by molar-refractivity contribution is 7.90. The van der Waals surface area contributed by atoms with Gasteiger partial charge in [0.25, 0.3) is 5.91 Å². The summed E-state index contributed by atoms with van der Waals surface area (Å²) in [7, 11) is -3.41. The Hall–Kier alpha value is -1.11. The van der Waals surface area contributed by atoms with Gasteiger partial charge in [-0.2, -0.15) is 0 Å². The molecule has 1 aliphatic rings. The molecule has 1 aromatic rings. The quantitative estimate of drug-likeness (QED) is 0.847. The van der Waals surface area contributed by atoms with E-state index in [4.69, 9.17) is 5.73 Å². The zero-order chi connectivity index (χ0) is 14.0. The third-order valence-electron chi connectivity index (χ3n) is 3.26. The summed E-state index contributed by atoms with van der Waals surface area (Å²) < 4.78 is 23.2. The van der Waals surface area contributed by atoms with Crippen molar-refractivity contribution in [1.29, 1.82) is 0 Å². The van der Waals surface area contributed by atoms with Crippen LogP contribution in [0.5, 0.6) is 0 Å². The van der Waals surface area contributed by atoms with E-state index in [0.29, 0.717) is 12.5 Å². The summed E-state index contributed by atoms with van der Waals surface area (Å²) in [5.74, 6) is 0.0996. The molecule has 1 aliphatic carbocycles. The second-order valence-electron chi connectivity index (χ2n) is 4.98. The first-order valence-electron chi connectivity index (χ1n) is 6.22. The fourth-order valence-electron chi connectivity index (χ4n) is 1.97. The van der Waals surface area contributed by atoms with Crippen LogP contribution < -0.4 is 11.1 Å². The number of halogens is 1. The van der Waals surface area contributed by atoms with Gasteiger partial charge in [0.2, 0.25) is 0 Å². The first kappa shape index (κ1) is 16.9. The Kier molecular flexibility index (Phi) is 5.56. The van der Waals surface area contributed by atoms with E-state index in [0.717, 1.165) is 19.1 Å². The first-order valence-corrected chi connectivity index (χ1v) is 8.11. The number of benzene rings is 1. The number of nitrogens with two attached hydrogens (primary N) is 1. The SMILES string of the molecule is CS(=O)(=O)c1ccccc1C(=O)NCC(N)C1CC1.Cl. The number of rotatable bonds is 5. The van der Waals surface area contributed by atoms with Crippen molar-refractivity contribution in [1.82, 2.24) is 5.32 Å². The van der Waals surface area contributed by atoms with E-state index in [2.05, 4.69) is 5.32 Å². The average molecular weight is 319 g/mol. The topological polar surface area (TPSA) is 89.3 Å². The fourth-order valence-corrected chi connectivity index (χ4v) is 2.86. The summed E-state index contributed by atoms with van der Waals surface area (Å²) in [6, 6.07) is 6.14. The van der Waals surface area contributed by atoms with Crippen LogP contribution in [-0.2, 0) is 9.84 Å². The molecule has 0 heterocycles. The molecule has 20 heavy (non-hydrogen) atoms. The molecule has 3 N–H and O–H groups in total. The Bertz CT molecular complexity index is 585. The minimum absolute atomic E-state index is 0. The number of hydrogen-bond acceptors (Lipinski definition) is 4. The van der Waals surface area contributed by atoms with Gasteiger partial charge in [-0.15, -0.1) is 12.4 Å². The molecule has 112 valence electrons. The molecule has 0 aromatic heterocycles. The van der Waals surface area contributed by atoms with Gasteiger partial charge >= 0.3 is 0 Å². The highest BCUT2D eigenvalue weighted by Crippen LogP contribution is 2.31. The van der Waals surface area contributed by atoms with E-state index in [1.807, 2.05) is 0 Å². The summed E-state index contributed by atoms with van der Waals surface area (Å²) in [5.41, 5.74) is 6.07. The predicted octanol–water partition coefficient (Wildman–Crippen LogP) is 0.979. The van der Waals surface area contributed by atoms with Crippen LogP contribution in [0.15, 0.2) is 29.2 Å². The predicted molar refractivity (Wildman–Crippen MR) is 79.8 cm³/mol. The summed E-state index contributed by atoms with van der Waals surface area (Å²) in [6.45, 7) is 0.377. The highest BCUT2D eigenvalue weighted by Gasteiger charge is 2.28. The Morgan fingerprint density at radius 3 is 2.55 bits per heavy atom. The van der Waals surface area contributed by atoms with E-state index in [1.165, 1.54) is 12.1 Å². The molecule has 1 unspecified atom stereocenters. The van der Waals surface area contributed by atoms with Crippen molar-refractivity contribution in [2.75, 3.05) is 12.8 Å². The maximum Gasteiger partial charge on any atom is 0.252 e. The van der Waals surface area contributed by atoms with Crippen molar-refractivity contribution >= 4 is 28.2 Å². The third-order valence-corrected chi connectivity index (χ3v) is 4.41. The van der Waals surface area contributed by atoms with Crippen molar-refractivity contribution in [2.24, 2.45) is 11.7 Å². The molecule has 7 heteroatoms. The number of amides is 1. The Balaban J connectivity index is 0.00000200. The van der Waals surface area contributed by atoms with Crippen molar-refractivity contribution in [3.05, 3.63) is 29.8 Å². The van der Waals surface area contributed by atoms with Gasteiger partial charge in [-0.25, -0.2) is 8.42 Å². The molecule has 2 rings (SSSR count). The van der Waals surface area contributed by atoms with Gasteiger partial charge in [-0.3, -0.25) is 4.79 Å². The molecule has 5 nitrogen and oxygen atoms in total. The van der Waals surface area contributed by atoms with Gasteiger partial charge in [0.1, 0.15) is 0 Å². The zero-order valence-corrected chi connectivity index (χ0v) is 12.8. The van der Waals surface area contributed by atoms with Crippen LogP contribution in [0.3, 0.4) is 0 Å². The average Bonchev–Trinajstić information content (AvgIpc) is 3.18. The largest absolute Gasteiger partial charge is 0.350 e. The number of sulfone groups is 1. The van der Waals surface area contributed by atoms with Gasteiger partial charge in [0.05, 0.1) is 10.5 Å². The molecule has 0 aliphatic heterocycles. The van der Waals surface area contributed by atoms with Gasteiger partial charge in [-0.1, -0.05) is 12.1 Å². The molecule has 1 amide bonds. The van der Waals surface area contributed by atoms with Gasteiger partial charge < -0.3 is 11.1 Å². The third kappa shape index (κ3) is 4.19. The zero-order valence-electron chi connectivity index (χ0n) is 11.2. The molecular weight excluding hydrogens is 300 g/mol. The Morgan fingerprint density at radius 2 is 2.00 bits per heavy atom. The summed E-state index contributed by atoms with van der Waals surface area (Å²) >= 11 is 0. The molecular formula is C13H19ClN2O3S. The van der Waals surface area contributed by atoms with Gasteiger partial charge in [-0.05, 0) is 30.9 Å². The second kappa shape index (κ2) is 6.56. The van der Waals surface area contributed by atoms with E-state index in [9.17, 15) is 13.2 Å². The molecule has 0 spiro atoms. The standard InChI is InChI=1S/C13H18N2O3S.ClH/c1-19(17,18)12-5-3-2-4-10(12)13(16)15-8-11(14)9-6-7-9;/h2-5,9,11H,6-8,14H2,1H3,(H,15,16);1H. The minimum Gasteiger partial charge on any atom is -0.350 e. The summed E-state index contributed by atoms with van der Waals surface area (Å²) in [4.78, 5) is 12.1. The van der Waals surface area contributed by atoms with Gasteiger partial charge in [0.15, 0.2) is 9.84 Å². The lowest BCUT2D eigenvalue weighted by molar-refractivity contribution is 0.0947. The number of hydrogen-bond donors (Lipinski definition) is 2. The van der Waals surface area contributed by atoms with Crippen molar-refractivity contribution in [3.63, 3.8) is 0 Å². The molecule has 0 radical (unpaired) electrons. The van der Waals surface area contributed by atoms with Crippen LogP contribution in [0.4, 0.5) is 0 Å². The molecule has 1 fully saturated rings. The Labute approximate surface area is 125 Å². The number of nitrogens with one attached hydrogen (secondary N) is 1. The summed E-state index contributed by atoms with van der Waals surface area (Å²) in [5, 5.41) is 2.70. The van der Waals surface area contributed by atoms with E-state index < -0.39 is 15.7 Å². The number of carbonyl (C=O) groups is 1. The minimum atomic E-state index is -3.41. The number of carbonyl (C=O) groups excluding carboxylic acids is 1. The van der Waals surface area contributed by atoms with Gasteiger partial charge in [0, 0.05) is 18.8 Å².